The average molecular weight is 234 g/mol. The van der Waals surface area contributed by atoms with E-state index in [9.17, 15) is 13.2 Å². The fraction of sp³-hybridized carbons (Fsp3) is 0.429. The van der Waals surface area contributed by atoms with Crippen molar-refractivity contribution in [2.24, 2.45) is 0 Å². The molecule has 1 aromatic rings. The molecule has 0 bridgehead atoms. The van der Waals surface area contributed by atoms with Crippen LogP contribution < -0.4 is 0 Å². The molecule has 8 heteroatoms. The van der Waals surface area contributed by atoms with E-state index in [1.807, 2.05) is 0 Å². The molecule has 0 aliphatic carbocycles. The first-order chi connectivity index (χ1) is 6.92. The Hall–Kier alpha value is -1.41. The Bertz CT molecular complexity index is 424. The Labute approximate surface area is 86.3 Å². The van der Waals surface area contributed by atoms with Crippen LogP contribution in [-0.2, 0) is 20.6 Å². The molecule has 7 nitrogen and oxygen atoms in total. The lowest BCUT2D eigenvalue weighted by Gasteiger charge is -2.13. The number of carbonyl (C=O) groups is 1. The Balaban J connectivity index is 2.71. The summed E-state index contributed by atoms with van der Waals surface area (Å²) in [5, 5.41) is 11.9. The molecule has 0 unspecified atom stereocenters. The summed E-state index contributed by atoms with van der Waals surface area (Å²) in [5.41, 5.74) is 0.243. The summed E-state index contributed by atoms with van der Waals surface area (Å²) in [5.74, 6) is -1.57. The number of nitrogens with zero attached hydrogens (tertiary/aromatic N) is 2. The number of aliphatic carboxylic acids is 1. The van der Waals surface area contributed by atoms with E-state index in [1.165, 1.54) is 19.4 Å². The Kier molecular flexibility index (Phi) is 3.43. The summed E-state index contributed by atoms with van der Waals surface area (Å²) in [6.45, 7) is -0.569. The van der Waals surface area contributed by atoms with Crippen molar-refractivity contribution in [2.45, 2.75) is 5.75 Å². The van der Waals surface area contributed by atoms with Crippen LogP contribution in [-0.4, -0.2) is 42.5 Å². The van der Waals surface area contributed by atoms with Crippen molar-refractivity contribution in [1.82, 2.24) is 9.46 Å². The molecule has 0 aliphatic rings. The molecule has 1 N–H and O–H groups in total. The zero-order valence-electron chi connectivity index (χ0n) is 7.95. The number of aromatic nitrogens is 1. The van der Waals surface area contributed by atoms with Gasteiger partial charge in [0.05, 0.1) is 5.69 Å². The molecule has 0 aliphatic heterocycles. The van der Waals surface area contributed by atoms with E-state index < -0.39 is 22.5 Å². The first-order valence-electron chi connectivity index (χ1n) is 3.97. The first kappa shape index (κ1) is 11.7. The number of hydrogen-bond acceptors (Lipinski definition) is 5. The molecular weight excluding hydrogens is 224 g/mol. The van der Waals surface area contributed by atoms with Gasteiger partial charge in [0.25, 0.3) is 0 Å². The van der Waals surface area contributed by atoms with Crippen molar-refractivity contribution in [3.63, 3.8) is 0 Å². The molecule has 0 atom stereocenters. The van der Waals surface area contributed by atoms with Gasteiger partial charge in [0.2, 0.25) is 10.0 Å². The number of carboxylic acid groups (broad SMARTS) is 1. The predicted molar refractivity (Wildman–Crippen MR) is 49.4 cm³/mol. The molecule has 0 spiro atoms. The number of sulfonamides is 1. The van der Waals surface area contributed by atoms with Gasteiger partial charge in [-0.1, -0.05) is 5.16 Å². The lowest BCUT2D eigenvalue weighted by molar-refractivity contribution is -0.137. The Morgan fingerprint density at radius 1 is 1.67 bits per heavy atom. The second-order valence-electron chi connectivity index (χ2n) is 2.90. The SMILES string of the molecule is CN(CC(=O)O)S(=O)(=O)Cc1ccon1. The van der Waals surface area contributed by atoms with Crippen molar-refractivity contribution in [1.29, 1.82) is 0 Å². The minimum absolute atomic E-state index is 0.243. The van der Waals surface area contributed by atoms with Crippen LogP contribution in [0.4, 0.5) is 0 Å². The van der Waals surface area contributed by atoms with Gasteiger partial charge in [-0.2, -0.15) is 4.31 Å². The van der Waals surface area contributed by atoms with Gasteiger partial charge >= 0.3 is 5.97 Å². The van der Waals surface area contributed by atoms with Crippen LogP contribution in [0.15, 0.2) is 16.9 Å². The van der Waals surface area contributed by atoms with Gasteiger partial charge in [-0.05, 0) is 0 Å². The second kappa shape index (κ2) is 4.41. The van der Waals surface area contributed by atoms with Crippen LogP contribution >= 0.6 is 0 Å². The van der Waals surface area contributed by atoms with Crippen molar-refractivity contribution >= 4 is 16.0 Å². The van der Waals surface area contributed by atoms with E-state index in [-0.39, 0.29) is 11.4 Å². The van der Waals surface area contributed by atoms with Crippen molar-refractivity contribution in [3.8, 4) is 0 Å². The fourth-order valence-corrected chi connectivity index (χ4v) is 1.95. The zero-order chi connectivity index (χ0) is 11.5. The molecule has 15 heavy (non-hydrogen) atoms. The largest absolute Gasteiger partial charge is 0.480 e. The highest BCUT2D eigenvalue weighted by Crippen LogP contribution is 2.06. The number of carboxylic acids is 1. The number of hydrogen-bond donors (Lipinski definition) is 1. The van der Waals surface area contributed by atoms with Crippen molar-refractivity contribution in [2.75, 3.05) is 13.6 Å². The van der Waals surface area contributed by atoms with Crippen LogP contribution in [0.5, 0.6) is 0 Å². The molecule has 0 amide bonds. The summed E-state index contributed by atoms with van der Waals surface area (Å²) < 4.78 is 28.3. The zero-order valence-corrected chi connectivity index (χ0v) is 8.77. The van der Waals surface area contributed by atoms with Crippen LogP contribution in [0.1, 0.15) is 5.69 Å². The van der Waals surface area contributed by atoms with Gasteiger partial charge < -0.3 is 9.63 Å². The maximum Gasteiger partial charge on any atom is 0.318 e. The molecule has 0 radical (unpaired) electrons. The third-order valence-corrected chi connectivity index (χ3v) is 3.39. The van der Waals surface area contributed by atoms with E-state index in [1.54, 1.807) is 0 Å². The average Bonchev–Trinajstić information content (AvgIpc) is 2.54. The molecular formula is C7H10N2O5S. The van der Waals surface area contributed by atoms with Crippen LogP contribution in [0.25, 0.3) is 0 Å². The molecule has 0 saturated heterocycles. The lowest BCUT2D eigenvalue weighted by atomic mass is 10.5. The van der Waals surface area contributed by atoms with Gasteiger partial charge in [-0.3, -0.25) is 4.79 Å². The van der Waals surface area contributed by atoms with Crippen LogP contribution in [0.3, 0.4) is 0 Å². The highest BCUT2D eigenvalue weighted by Gasteiger charge is 2.21. The van der Waals surface area contributed by atoms with E-state index in [2.05, 4.69) is 9.68 Å². The normalized spacial score (nSPS) is 11.9. The lowest BCUT2D eigenvalue weighted by Crippen LogP contribution is -2.33. The first-order valence-corrected chi connectivity index (χ1v) is 5.58. The molecule has 0 saturated carbocycles. The molecule has 1 rings (SSSR count). The molecule has 1 aromatic heterocycles. The summed E-state index contributed by atoms with van der Waals surface area (Å²) in [7, 11) is -2.45. The Morgan fingerprint density at radius 2 is 2.33 bits per heavy atom. The quantitative estimate of drug-likeness (QED) is 0.738. The summed E-state index contributed by atoms with van der Waals surface area (Å²) in [4.78, 5) is 10.3. The van der Waals surface area contributed by atoms with Crippen LogP contribution in [0, 0.1) is 0 Å². The van der Waals surface area contributed by atoms with Crippen molar-refractivity contribution < 1.29 is 22.8 Å². The van der Waals surface area contributed by atoms with E-state index in [4.69, 9.17) is 5.11 Å². The minimum atomic E-state index is -3.65. The molecule has 1 heterocycles. The maximum atomic E-state index is 11.5. The van der Waals surface area contributed by atoms with E-state index >= 15 is 0 Å². The maximum absolute atomic E-state index is 11.5. The van der Waals surface area contributed by atoms with Crippen molar-refractivity contribution in [3.05, 3.63) is 18.0 Å². The summed E-state index contributed by atoms with van der Waals surface area (Å²) in [6.07, 6.45) is 1.25. The highest BCUT2D eigenvalue weighted by atomic mass is 32.2. The van der Waals surface area contributed by atoms with E-state index in [0.717, 1.165) is 4.31 Å². The predicted octanol–water partition coefficient (Wildman–Crippen LogP) is -0.479. The van der Waals surface area contributed by atoms with Gasteiger partial charge in [0.15, 0.2) is 0 Å². The smallest absolute Gasteiger partial charge is 0.318 e. The third-order valence-electron chi connectivity index (χ3n) is 1.65. The molecule has 0 fully saturated rings. The monoisotopic (exact) mass is 234 g/mol. The fourth-order valence-electron chi connectivity index (χ4n) is 0.898. The number of rotatable bonds is 5. The minimum Gasteiger partial charge on any atom is -0.480 e. The second-order valence-corrected chi connectivity index (χ2v) is 4.97. The number of likely N-dealkylation sites (N-methyl/N-ethyl adjacent to an activating group) is 1. The van der Waals surface area contributed by atoms with Gasteiger partial charge in [-0.15, -0.1) is 0 Å². The molecule has 84 valence electrons. The molecule has 0 aromatic carbocycles. The van der Waals surface area contributed by atoms with Gasteiger partial charge in [0.1, 0.15) is 18.6 Å². The summed E-state index contributed by atoms with van der Waals surface area (Å²) >= 11 is 0. The topological polar surface area (TPSA) is 101 Å². The standard InChI is InChI=1S/C7H10N2O5S/c1-9(4-7(10)11)15(12,13)5-6-2-3-14-8-6/h2-3H,4-5H2,1H3,(H,10,11). The summed E-state index contributed by atoms with van der Waals surface area (Å²) in [6, 6.07) is 1.41. The van der Waals surface area contributed by atoms with E-state index in [0.29, 0.717) is 0 Å². The third kappa shape index (κ3) is 3.33. The Morgan fingerprint density at radius 3 is 2.80 bits per heavy atom. The van der Waals surface area contributed by atoms with Crippen LogP contribution in [0.2, 0.25) is 0 Å². The van der Waals surface area contributed by atoms with Gasteiger partial charge in [0, 0.05) is 13.1 Å². The van der Waals surface area contributed by atoms with Gasteiger partial charge in [-0.25, -0.2) is 8.42 Å². The highest BCUT2D eigenvalue weighted by molar-refractivity contribution is 7.88.